The summed E-state index contributed by atoms with van der Waals surface area (Å²) in [5.74, 6) is 0. The van der Waals surface area contributed by atoms with Crippen LogP contribution in [0, 0.1) is 0 Å². The summed E-state index contributed by atoms with van der Waals surface area (Å²) < 4.78 is 0. The zero-order chi connectivity index (χ0) is 9.10. The maximum Gasteiger partial charge on any atom is 0.0679 e. The normalized spacial score (nSPS) is 35.8. The Morgan fingerprint density at radius 3 is 2.92 bits per heavy atom. The van der Waals surface area contributed by atoms with Gasteiger partial charge < -0.3 is 15.3 Å². The van der Waals surface area contributed by atoms with Gasteiger partial charge in [0.1, 0.15) is 0 Å². The molecule has 2 saturated heterocycles. The van der Waals surface area contributed by atoms with Crippen molar-refractivity contribution in [2.45, 2.75) is 37.8 Å². The molecule has 2 N–H and O–H groups in total. The van der Waals surface area contributed by atoms with Crippen molar-refractivity contribution in [3.63, 3.8) is 0 Å². The molecule has 0 aromatic rings. The van der Waals surface area contributed by atoms with Crippen LogP contribution in [-0.4, -0.2) is 48.3 Å². The van der Waals surface area contributed by atoms with Gasteiger partial charge in [-0.2, -0.15) is 0 Å². The fourth-order valence-corrected chi connectivity index (χ4v) is 2.36. The first kappa shape index (κ1) is 9.44. The van der Waals surface area contributed by atoms with Gasteiger partial charge in [-0.05, 0) is 38.8 Å². The Kier molecular flexibility index (Phi) is 3.19. The predicted octanol–water partition coefficient (Wildman–Crippen LogP) is 0.195. The summed E-state index contributed by atoms with van der Waals surface area (Å²) in [6.45, 7) is 4.35. The van der Waals surface area contributed by atoms with Gasteiger partial charge in [0.05, 0.1) is 6.10 Å². The second-order valence-electron chi connectivity index (χ2n) is 4.33. The molecule has 0 aromatic heterocycles. The van der Waals surface area contributed by atoms with Crippen LogP contribution in [0.5, 0.6) is 0 Å². The predicted molar refractivity (Wildman–Crippen MR) is 52.7 cm³/mol. The molecule has 0 spiro atoms. The molecule has 2 aliphatic rings. The minimum absolute atomic E-state index is 0.0588. The van der Waals surface area contributed by atoms with Gasteiger partial charge in [0, 0.05) is 19.1 Å². The van der Waals surface area contributed by atoms with E-state index in [1.54, 1.807) is 0 Å². The van der Waals surface area contributed by atoms with Gasteiger partial charge in [0.25, 0.3) is 0 Å². The summed E-state index contributed by atoms with van der Waals surface area (Å²) >= 11 is 0. The number of nitrogens with zero attached hydrogens (tertiary/aromatic N) is 1. The van der Waals surface area contributed by atoms with Crippen molar-refractivity contribution in [2.75, 3.05) is 26.2 Å². The summed E-state index contributed by atoms with van der Waals surface area (Å²) in [6.07, 6.45) is 4.85. The lowest BCUT2D eigenvalue weighted by molar-refractivity contribution is 0.175. The molecule has 2 heterocycles. The second kappa shape index (κ2) is 4.40. The molecule has 3 heteroatoms. The first-order valence-corrected chi connectivity index (χ1v) is 5.48. The molecule has 2 rings (SSSR count). The van der Waals surface area contributed by atoms with Gasteiger partial charge in [0.2, 0.25) is 0 Å². The van der Waals surface area contributed by atoms with E-state index in [1.807, 2.05) is 0 Å². The highest BCUT2D eigenvalue weighted by Crippen LogP contribution is 2.13. The maximum atomic E-state index is 9.33. The monoisotopic (exact) mass is 184 g/mol. The summed E-state index contributed by atoms with van der Waals surface area (Å²) in [7, 11) is 0. The van der Waals surface area contributed by atoms with E-state index in [0.717, 1.165) is 32.1 Å². The van der Waals surface area contributed by atoms with Crippen LogP contribution in [0.3, 0.4) is 0 Å². The van der Waals surface area contributed by atoms with Crippen LogP contribution in [0.1, 0.15) is 25.7 Å². The summed E-state index contributed by atoms with van der Waals surface area (Å²) in [4.78, 5) is 2.38. The molecule has 3 nitrogen and oxygen atoms in total. The minimum atomic E-state index is -0.0588. The van der Waals surface area contributed by atoms with Crippen molar-refractivity contribution >= 4 is 0 Å². The molecule has 13 heavy (non-hydrogen) atoms. The van der Waals surface area contributed by atoms with Crippen molar-refractivity contribution in [3.05, 3.63) is 0 Å². The Labute approximate surface area is 80.1 Å². The molecule has 2 fully saturated rings. The van der Waals surface area contributed by atoms with Crippen LogP contribution < -0.4 is 5.32 Å². The Bertz CT molecular complexity index is 157. The van der Waals surface area contributed by atoms with E-state index in [4.69, 9.17) is 0 Å². The van der Waals surface area contributed by atoms with Crippen LogP contribution in [0.4, 0.5) is 0 Å². The van der Waals surface area contributed by atoms with Crippen LogP contribution in [-0.2, 0) is 0 Å². The first-order chi connectivity index (χ1) is 6.34. The van der Waals surface area contributed by atoms with Gasteiger partial charge in [-0.3, -0.25) is 0 Å². The molecule has 2 unspecified atom stereocenters. The zero-order valence-electron chi connectivity index (χ0n) is 8.21. The smallest absolute Gasteiger partial charge is 0.0679 e. The Balaban J connectivity index is 1.62. The lowest BCUT2D eigenvalue weighted by Crippen LogP contribution is -2.30. The van der Waals surface area contributed by atoms with Crippen molar-refractivity contribution in [2.24, 2.45) is 0 Å². The summed E-state index contributed by atoms with van der Waals surface area (Å²) in [5, 5.41) is 12.8. The molecule has 0 amide bonds. The number of hydrogen-bond acceptors (Lipinski definition) is 3. The van der Waals surface area contributed by atoms with Gasteiger partial charge in [-0.25, -0.2) is 0 Å². The number of nitrogens with one attached hydrogen (secondary N) is 1. The van der Waals surface area contributed by atoms with Gasteiger partial charge in [-0.1, -0.05) is 0 Å². The highest BCUT2D eigenvalue weighted by molar-refractivity contribution is 4.79. The highest BCUT2D eigenvalue weighted by atomic mass is 16.3. The average molecular weight is 184 g/mol. The lowest BCUT2D eigenvalue weighted by Gasteiger charge is -2.17. The van der Waals surface area contributed by atoms with E-state index in [0.29, 0.717) is 0 Å². The Morgan fingerprint density at radius 1 is 1.38 bits per heavy atom. The molecular weight excluding hydrogens is 164 g/mol. The van der Waals surface area contributed by atoms with Crippen LogP contribution >= 0.6 is 0 Å². The number of rotatable bonds is 3. The van der Waals surface area contributed by atoms with Crippen LogP contribution in [0.25, 0.3) is 0 Å². The molecule has 2 atom stereocenters. The van der Waals surface area contributed by atoms with Gasteiger partial charge in [-0.15, -0.1) is 0 Å². The van der Waals surface area contributed by atoms with Crippen LogP contribution in [0.15, 0.2) is 0 Å². The van der Waals surface area contributed by atoms with Crippen molar-refractivity contribution in [1.82, 2.24) is 10.2 Å². The third kappa shape index (κ3) is 2.66. The molecular formula is C10H20N2O. The number of hydrogen-bond donors (Lipinski definition) is 2. The third-order valence-electron chi connectivity index (χ3n) is 3.20. The molecule has 0 radical (unpaired) electrons. The van der Waals surface area contributed by atoms with Crippen LogP contribution in [0.2, 0.25) is 0 Å². The number of aliphatic hydroxyl groups excluding tert-OH is 1. The maximum absolute atomic E-state index is 9.33. The lowest BCUT2D eigenvalue weighted by atomic mass is 10.1. The van der Waals surface area contributed by atoms with E-state index in [2.05, 4.69) is 10.2 Å². The van der Waals surface area contributed by atoms with E-state index in [-0.39, 0.29) is 6.10 Å². The molecule has 2 aliphatic heterocycles. The molecule has 76 valence electrons. The van der Waals surface area contributed by atoms with E-state index < -0.39 is 0 Å². The highest BCUT2D eigenvalue weighted by Gasteiger charge is 2.21. The largest absolute Gasteiger partial charge is 0.392 e. The number of aliphatic hydroxyl groups is 1. The third-order valence-corrected chi connectivity index (χ3v) is 3.20. The molecule has 0 bridgehead atoms. The van der Waals surface area contributed by atoms with Crippen molar-refractivity contribution in [1.29, 1.82) is 0 Å². The summed E-state index contributed by atoms with van der Waals surface area (Å²) in [5.41, 5.74) is 0. The Hall–Kier alpha value is -0.120. The number of likely N-dealkylation sites (tertiary alicyclic amines) is 1. The molecule has 0 aliphatic carbocycles. The van der Waals surface area contributed by atoms with Gasteiger partial charge >= 0.3 is 0 Å². The second-order valence-corrected chi connectivity index (χ2v) is 4.33. The molecule has 0 aromatic carbocycles. The quantitative estimate of drug-likeness (QED) is 0.657. The van der Waals surface area contributed by atoms with E-state index in [9.17, 15) is 5.11 Å². The first-order valence-electron chi connectivity index (χ1n) is 5.48. The standard InChI is InChI=1S/C10H20N2O/c13-10-4-7-12(8-10)6-3-9-2-1-5-11-9/h9-11,13H,1-8H2. The fourth-order valence-electron chi connectivity index (χ4n) is 2.36. The topological polar surface area (TPSA) is 35.5 Å². The van der Waals surface area contributed by atoms with Crippen molar-refractivity contribution in [3.8, 4) is 0 Å². The fraction of sp³-hybridized carbons (Fsp3) is 1.00. The molecule has 0 saturated carbocycles. The minimum Gasteiger partial charge on any atom is -0.392 e. The Morgan fingerprint density at radius 2 is 2.31 bits per heavy atom. The van der Waals surface area contributed by atoms with E-state index >= 15 is 0 Å². The van der Waals surface area contributed by atoms with Crippen molar-refractivity contribution < 1.29 is 5.11 Å². The van der Waals surface area contributed by atoms with Gasteiger partial charge in [0.15, 0.2) is 0 Å². The van der Waals surface area contributed by atoms with E-state index in [1.165, 1.54) is 25.8 Å². The average Bonchev–Trinajstić information content (AvgIpc) is 2.71. The number of β-amino-alcohol motifs (C(OH)–C–C–N with tert-alkyl or cyclic N) is 1. The SMILES string of the molecule is OC1CCN(CCC2CCCN2)C1. The summed E-state index contributed by atoms with van der Waals surface area (Å²) in [6, 6.07) is 0.748. The zero-order valence-corrected chi connectivity index (χ0v) is 8.21.